The summed E-state index contributed by atoms with van der Waals surface area (Å²) in [5.41, 5.74) is 3.18. The van der Waals surface area contributed by atoms with Gasteiger partial charge in [-0.25, -0.2) is 4.98 Å². The molecule has 2 heterocycles. The highest BCUT2D eigenvalue weighted by Gasteiger charge is 2.36. The van der Waals surface area contributed by atoms with Crippen molar-refractivity contribution in [1.29, 1.82) is 0 Å². The standard InChI is InChI=1S/C16H15N3O2/c1-10-2-5-14-13(6-10)15(20)16(21)18(14)8-12-7-17-9-19(12)11-3-4-11/h2,5-7,9,11H,3-4,8H2,1H3. The molecule has 0 bridgehead atoms. The van der Waals surface area contributed by atoms with Gasteiger partial charge in [-0.3, -0.25) is 14.5 Å². The average Bonchev–Trinajstić information content (AvgIpc) is 3.18. The smallest absolute Gasteiger partial charge is 0.299 e. The van der Waals surface area contributed by atoms with Crippen LogP contribution < -0.4 is 4.90 Å². The first-order valence-electron chi connectivity index (χ1n) is 7.12. The van der Waals surface area contributed by atoms with Crippen LogP contribution in [0.15, 0.2) is 30.7 Å². The highest BCUT2D eigenvalue weighted by Crippen LogP contribution is 2.37. The van der Waals surface area contributed by atoms with Crippen LogP contribution in [0.1, 0.15) is 40.5 Å². The summed E-state index contributed by atoms with van der Waals surface area (Å²) >= 11 is 0. The lowest BCUT2D eigenvalue weighted by Crippen LogP contribution is -2.30. The number of nitrogens with zero attached hydrogens (tertiary/aromatic N) is 3. The zero-order chi connectivity index (χ0) is 14.6. The Morgan fingerprint density at radius 2 is 2.10 bits per heavy atom. The summed E-state index contributed by atoms with van der Waals surface area (Å²) in [6.45, 7) is 2.32. The number of aryl methyl sites for hydroxylation is 1. The van der Waals surface area contributed by atoms with Crippen molar-refractivity contribution in [3.63, 3.8) is 0 Å². The van der Waals surface area contributed by atoms with E-state index in [1.54, 1.807) is 17.2 Å². The Bertz CT molecular complexity index is 759. The molecule has 0 N–H and O–H groups in total. The minimum atomic E-state index is -0.445. The number of aromatic nitrogens is 2. The molecule has 0 radical (unpaired) electrons. The van der Waals surface area contributed by atoms with Crippen LogP contribution in [0.5, 0.6) is 0 Å². The van der Waals surface area contributed by atoms with Gasteiger partial charge in [0.1, 0.15) is 0 Å². The molecule has 1 saturated carbocycles. The fourth-order valence-corrected chi connectivity index (χ4v) is 2.87. The van der Waals surface area contributed by atoms with Gasteiger partial charge in [-0.15, -0.1) is 0 Å². The van der Waals surface area contributed by atoms with Crippen LogP contribution in [0.25, 0.3) is 0 Å². The summed E-state index contributed by atoms with van der Waals surface area (Å²) in [7, 11) is 0. The van der Waals surface area contributed by atoms with E-state index in [9.17, 15) is 9.59 Å². The molecule has 2 aromatic rings. The number of ketones is 1. The lowest BCUT2D eigenvalue weighted by Gasteiger charge is -2.17. The maximum absolute atomic E-state index is 12.2. The first-order chi connectivity index (χ1) is 10.1. The predicted octanol–water partition coefficient (Wildman–Crippen LogP) is 2.26. The van der Waals surface area contributed by atoms with E-state index < -0.39 is 11.7 Å². The van der Waals surface area contributed by atoms with Crippen molar-refractivity contribution in [2.45, 2.75) is 32.4 Å². The van der Waals surface area contributed by atoms with E-state index in [2.05, 4.69) is 9.55 Å². The zero-order valence-corrected chi connectivity index (χ0v) is 11.7. The van der Waals surface area contributed by atoms with Crippen molar-refractivity contribution in [3.8, 4) is 0 Å². The second-order valence-corrected chi connectivity index (χ2v) is 5.76. The number of anilines is 1. The van der Waals surface area contributed by atoms with E-state index >= 15 is 0 Å². The third-order valence-electron chi connectivity index (χ3n) is 4.13. The molecular formula is C16H15N3O2. The monoisotopic (exact) mass is 281 g/mol. The molecule has 2 aliphatic rings. The van der Waals surface area contributed by atoms with Gasteiger partial charge in [-0.2, -0.15) is 0 Å². The van der Waals surface area contributed by atoms with E-state index in [0.29, 0.717) is 23.8 Å². The second kappa shape index (κ2) is 4.28. The van der Waals surface area contributed by atoms with Crippen molar-refractivity contribution in [2.24, 2.45) is 0 Å². The van der Waals surface area contributed by atoms with Crippen molar-refractivity contribution >= 4 is 17.4 Å². The van der Waals surface area contributed by atoms with Crippen molar-refractivity contribution in [2.75, 3.05) is 4.90 Å². The summed E-state index contributed by atoms with van der Waals surface area (Å²) < 4.78 is 2.12. The largest absolute Gasteiger partial charge is 0.330 e. The number of carbonyl (C=O) groups is 2. The second-order valence-electron chi connectivity index (χ2n) is 5.76. The highest BCUT2D eigenvalue weighted by atomic mass is 16.2. The van der Waals surface area contributed by atoms with Gasteiger partial charge in [0.2, 0.25) is 0 Å². The molecule has 21 heavy (non-hydrogen) atoms. The number of imidazole rings is 1. The van der Waals surface area contributed by atoms with Gasteiger partial charge in [-0.1, -0.05) is 11.6 Å². The molecule has 0 spiro atoms. The van der Waals surface area contributed by atoms with E-state index in [4.69, 9.17) is 0 Å². The Morgan fingerprint density at radius 3 is 2.86 bits per heavy atom. The number of benzene rings is 1. The molecule has 4 rings (SSSR count). The molecule has 5 nitrogen and oxygen atoms in total. The topological polar surface area (TPSA) is 55.2 Å². The Labute approximate surface area is 122 Å². The Balaban J connectivity index is 1.71. The minimum Gasteiger partial charge on any atom is -0.330 e. The van der Waals surface area contributed by atoms with Gasteiger partial charge in [0.15, 0.2) is 0 Å². The summed E-state index contributed by atoms with van der Waals surface area (Å²) in [5, 5.41) is 0. The number of amides is 1. The first kappa shape index (κ1) is 12.3. The lowest BCUT2D eigenvalue weighted by atomic mass is 10.1. The summed E-state index contributed by atoms with van der Waals surface area (Å²) in [6.07, 6.45) is 5.91. The molecule has 5 heteroatoms. The fourth-order valence-electron chi connectivity index (χ4n) is 2.87. The predicted molar refractivity (Wildman–Crippen MR) is 77.2 cm³/mol. The molecule has 0 unspecified atom stereocenters. The maximum atomic E-state index is 12.2. The fraction of sp³-hybridized carbons (Fsp3) is 0.312. The van der Waals surface area contributed by atoms with Crippen LogP contribution in [-0.2, 0) is 11.3 Å². The normalized spacial score (nSPS) is 17.5. The van der Waals surface area contributed by atoms with Gasteiger partial charge in [0.25, 0.3) is 11.7 Å². The third-order valence-corrected chi connectivity index (χ3v) is 4.13. The molecule has 1 aromatic carbocycles. The van der Waals surface area contributed by atoms with Crippen LogP contribution in [0.2, 0.25) is 0 Å². The van der Waals surface area contributed by atoms with Crippen molar-refractivity contribution < 1.29 is 9.59 Å². The van der Waals surface area contributed by atoms with Gasteiger partial charge in [0, 0.05) is 12.2 Å². The number of rotatable bonds is 3. The van der Waals surface area contributed by atoms with E-state index in [-0.39, 0.29) is 0 Å². The van der Waals surface area contributed by atoms with Crippen LogP contribution in [0.3, 0.4) is 0 Å². The summed E-state index contributed by atoms with van der Waals surface area (Å²) in [6, 6.07) is 6.07. The Kier molecular flexibility index (Phi) is 2.51. The number of Topliss-reactive ketones (excluding diaryl/α,β-unsaturated/α-hetero) is 1. The number of hydrogen-bond donors (Lipinski definition) is 0. The van der Waals surface area contributed by atoms with Gasteiger partial charge >= 0.3 is 0 Å². The molecule has 1 aromatic heterocycles. The molecule has 0 saturated heterocycles. The number of hydrogen-bond acceptors (Lipinski definition) is 3. The molecule has 1 aliphatic carbocycles. The quantitative estimate of drug-likeness (QED) is 0.811. The minimum absolute atomic E-state index is 0.400. The van der Waals surface area contributed by atoms with Gasteiger partial charge in [-0.05, 0) is 31.9 Å². The van der Waals surface area contributed by atoms with Crippen LogP contribution in [-0.4, -0.2) is 21.2 Å². The van der Waals surface area contributed by atoms with E-state index in [1.165, 1.54) is 0 Å². The van der Waals surface area contributed by atoms with Crippen LogP contribution in [0, 0.1) is 6.92 Å². The van der Waals surface area contributed by atoms with Crippen molar-refractivity contribution in [1.82, 2.24) is 9.55 Å². The SMILES string of the molecule is Cc1ccc2c(c1)C(=O)C(=O)N2Cc1cncn1C1CC1. The van der Waals surface area contributed by atoms with Gasteiger partial charge in [0.05, 0.1) is 29.8 Å². The van der Waals surface area contributed by atoms with E-state index in [1.807, 2.05) is 25.4 Å². The summed E-state index contributed by atoms with van der Waals surface area (Å²) in [5.74, 6) is -0.856. The molecule has 0 atom stereocenters. The van der Waals surface area contributed by atoms with Gasteiger partial charge < -0.3 is 4.57 Å². The zero-order valence-electron chi connectivity index (χ0n) is 11.7. The van der Waals surface area contributed by atoms with Crippen LogP contribution in [0.4, 0.5) is 5.69 Å². The van der Waals surface area contributed by atoms with E-state index in [0.717, 1.165) is 24.1 Å². The molecule has 1 fully saturated rings. The van der Waals surface area contributed by atoms with Crippen LogP contribution >= 0.6 is 0 Å². The third kappa shape index (κ3) is 1.88. The Morgan fingerprint density at radius 1 is 1.29 bits per heavy atom. The summed E-state index contributed by atoms with van der Waals surface area (Å²) in [4.78, 5) is 30.1. The Hall–Kier alpha value is -2.43. The number of carbonyl (C=O) groups excluding carboxylic acids is 2. The molecular weight excluding hydrogens is 266 g/mol. The lowest BCUT2D eigenvalue weighted by molar-refractivity contribution is -0.114. The highest BCUT2D eigenvalue weighted by molar-refractivity contribution is 6.52. The molecule has 1 amide bonds. The maximum Gasteiger partial charge on any atom is 0.299 e. The number of fused-ring (bicyclic) bond motifs is 1. The molecule has 106 valence electrons. The average molecular weight is 281 g/mol. The molecule has 1 aliphatic heterocycles. The first-order valence-corrected chi connectivity index (χ1v) is 7.12. The van der Waals surface area contributed by atoms with Crippen molar-refractivity contribution in [3.05, 3.63) is 47.5 Å².